The Kier molecular flexibility index (Phi) is 4.70. The van der Waals surface area contributed by atoms with E-state index in [1.165, 1.54) is 6.19 Å². The molecule has 0 aromatic heterocycles. The van der Waals surface area contributed by atoms with Crippen LogP contribution in [0.15, 0.2) is 30.3 Å². The molecular formula is C12H13N3O2. The minimum atomic E-state index is -1.03. The summed E-state index contributed by atoms with van der Waals surface area (Å²) in [5.74, 6) is -0.559. The van der Waals surface area contributed by atoms with Crippen molar-refractivity contribution in [1.29, 1.82) is 5.26 Å². The molecule has 0 heterocycles. The Morgan fingerprint density at radius 1 is 1.29 bits per heavy atom. The van der Waals surface area contributed by atoms with Crippen LogP contribution in [0.2, 0.25) is 0 Å². The molecule has 0 radical (unpaired) electrons. The number of urea groups is 1. The van der Waals surface area contributed by atoms with E-state index in [9.17, 15) is 9.59 Å². The maximum Gasteiger partial charge on any atom is 0.335 e. The van der Waals surface area contributed by atoms with Crippen LogP contribution in [-0.4, -0.2) is 16.8 Å². The lowest BCUT2D eigenvalue weighted by atomic mass is 10.1. The zero-order valence-electron chi connectivity index (χ0n) is 9.30. The van der Waals surface area contributed by atoms with Crippen molar-refractivity contribution in [3.05, 3.63) is 35.9 Å². The van der Waals surface area contributed by atoms with Crippen LogP contribution < -0.4 is 5.73 Å². The number of nitrogens with zero attached hydrogens (tertiary/aromatic N) is 2. The van der Waals surface area contributed by atoms with E-state index in [0.29, 0.717) is 11.3 Å². The number of hydrogen-bond donors (Lipinski definition) is 1. The maximum atomic E-state index is 11.4. The second kappa shape index (κ2) is 6.28. The van der Waals surface area contributed by atoms with Gasteiger partial charge in [0.1, 0.15) is 0 Å². The van der Waals surface area contributed by atoms with Gasteiger partial charge in [0.15, 0.2) is 6.19 Å². The maximum absolute atomic E-state index is 11.4. The molecular weight excluding hydrogens is 218 g/mol. The molecule has 0 spiro atoms. The molecule has 3 amide bonds. The summed E-state index contributed by atoms with van der Waals surface area (Å²) >= 11 is 0. The van der Waals surface area contributed by atoms with Crippen molar-refractivity contribution in [3.8, 4) is 6.19 Å². The SMILES string of the molecule is N#CN(C(N)=O)C(=O)CCCc1ccccc1. The summed E-state index contributed by atoms with van der Waals surface area (Å²) in [5.41, 5.74) is 5.99. The fourth-order valence-electron chi connectivity index (χ4n) is 1.43. The average Bonchev–Trinajstić information content (AvgIpc) is 2.30. The highest BCUT2D eigenvalue weighted by atomic mass is 16.2. The molecule has 1 rings (SSSR count). The van der Waals surface area contributed by atoms with Crippen LogP contribution in [0.5, 0.6) is 0 Å². The van der Waals surface area contributed by atoms with E-state index < -0.39 is 11.9 Å². The predicted octanol–water partition coefficient (Wildman–Crippen LogP) is 1.40. The second-order valence-electron chi connectivity index (χ2n) is 3.51. The van der Waals surface area contributed by atoms with Gasteiger partial charge >= 0.3 is 6.03 Å². The van der Waals surface area contributed by atoms with Crippen LogP contribution in [0.4, 0.5) is 4.79 Å². The van der Waals surface area contributed by atoms with E-state index in [-0.39, 0.29) is 6.42 Å². The van der Waals surface area contributed by atoms with Gasteiger partial charge in [-0.1, -0.05) is 30.3 Å². The summed E-state index contributed by atoms with van der Waals surface area (Å²) in [6, 6.07) is 8.64. The summed E-state index contributed by atoms with van der Waals surface area (Å²) in [4.78, 5) is 22.5. The van der Waals surface area contributed by atoms with Crippen molar-refractivity contribution < 1.29 is 9.59 Å². The number of benzene rings is 1. The Hall–Kier alpha value is -2.35. The van der Waals surface area contributed by atoms with Crippen LogP contribution >= 0.6 is 0 Å². The van der Waals surface area contributed by atoms with Gasteiger partial charge in [-0.05, 0) is 18.4 Å². The Balaban J connectivity index is 2.39. The third-order valence-corrected chi connectivity index (χ3v) is 2.27. The molecule has 0 aliphatic heterocycles. The van der Waals surface area contributed by atoms with E-state index in [1.54, 1.807) is 0 Å². The van der Waals surface area contributed by atoms with Gasteiger partial charge in [0.2, 0.25) is 5.91 Å². The zero-order valence-corrected chi connectivity index (χ0v) is 9.30. The van der Waals surface area contributed by atoms with Gasteiger partial charge in [-0.3, -0.25) is 4.79 Å². The molecule has 0 atom stereocenters. The topological polar surface area (TPSA) is 87.2 Å². The van der Waals surface area contributed by atoms with Gasteiger partial charge in [-0.2, -0.15) is 10.2 Å². The number of rotatable bonds is 4. The average molecular weight is 231 g/mol. The summed E-state index contributed by atoms with van der Waals surface area (Å²) in [7, 11) is 0. The fraction of sp³-hybridized carbons (Fsp3) is 0.250. The van der Waals surface area contributed by atoms with Gasteiger partial charge in [-0.25, -0.2) is 4.79 Å². The summed E-state index contributed by atoms with van der Waals surface area (Å²) < 4.78 is 0. The molecule has 0 saturated heterocycles. The Morgan fingerprint density at radius 3 is 2.47 bits per heavy atom. The Bertz CT molecular complexity index is 437. The van der Waals surface area contributed by atoms with E-state index in [2.05, 4.69) is 0 Å². The van der Waals surface area contributed by atoms with E-state index in [4.69, 9.17) is 11.0 Å². The first-order chi connectivity index (χ1) is 8.15. The molecule has 0 fully saturated rings. The summed E-state index contributed by atoms with van der Waals surface area (Å²) in [6.45, 7) is 0. The van der Waals surface area contributed by atoms with E-state index in [0.717, 1.165) is 12.0 Å². The van der Waals surface area contributed by atoms with Crippen molar-refractivity contribution in [1.82, 2.24) is 4.90 Å². The third-order valence-electron chi connectivity index (χ3n) is 2.27. The minimum Gasteiger partial charge on any atom is -0.350 e. The second-order valence-corrected chi connectivity index (χ2v) is 3.51. The molecule has 0 saturated carbocycles. The lowest BCUT2D eigenvalue weighted by Gasteiger charge is -2.08. The van der Waals surface area contributed by atoms with Gasteiger partial charge in [0.05, 0.1) is 0 Å². The molecule has 0 bridgehead atoms. The first kappa shape index (κ1) is 12.7. The van der Waals surface area contributed by atoms with Crippen LogP contribution in [-0.2, 0) is 11.2 Å². The van der Waals surface area contributed by atoms with Crippen molar-refractivity contribution in [2.45, 2.75) is 19.3 Å². The minimum absolute atomic E-state index is 0.130. The summed E-state index contributed by atoms with van der Waals surface area (Å²) in [6.07, 6.45) is 2.89. The van der Waals surface area contributed by atoms with Crippen molar-refractivity contribution in [2.75, 3.05) is 0 Å². The van der Waals surface area contributed by atoms with E-state index in [1.807, 2.05) is 30.3 Å². The highest BCUT2D eigenvalue weighted by molar-refractivity contribution is 5.95. The number of carbonyl (C=O) groups excluding carboxylic acids is 2. The number of hydrogen-bond acceptors (Lipinski definition) is 3. The number of carbonyl (C=O) groups is 2. The number of aryl methyl sites for hydroxylation is 1. The highest BCUT2D eigenvalue weighted by Gasteiger charge is 2.17. The van der Waals surface area contributed by atoms with Gasteiger partial charge in [0.25, 0.3) is 0 Å². The lowest BCUT2D eigenvalue weighted by molar-refractivity contribution is -0.125. The number of imide groups is 1. The van der Waals surface area contributed by atoms with Gasteiger partial charge in [0, 0.05) is 6.42 Å². The first-order valence-electron chi connectivity index (χ1n) is 5.21. The summed E-state index contributed by atoms with van der Waals surface area (Å²) in [5, 5.41) is 8.54. The quantitative estimate of drug-likeness (QED) is 0.627. The van der Waals surface area contributed by atoms with Crippen molar-refractivity contribution in [2.24, 2.45) is 5.73 Å². The molecule has 0 unspecified atom stereocenters. The molecule has 5 heteroatoms. The Labute approximate surface area is 99.4 Å². The number of primary amides is 1. The van der Waals surface area contributed by atoms with Crippen molar-refractivity contribution in [3.63, 3.8) is 0 Å². The molecule has 5 nitrogen and oxygen atoms in total. The lowest BCUT2D eigenvalue weighted by Crippen LogP contribution is -2.36. The number of nitriles is 1. The van der Waals surface area contributed by atoms with E-state index >= 15 is 0 Å². The fourth-order valence-corrected chi connectivity index (χ4v) is 1.43. The smallest absolute Gasteiger partial charge is 0.335 e. The van der Waals surface area contributed by atoms with Gasteiger partial charge < -0.3 is 5.73 Å². The van der Waals surface area contributed by atoms with Crippen LogP contribution in [0.3, 0.4) is 0 Å². The number of nitrogens with two attached hydrogens (primary N) is 1. The highest BCUT2D eigenvalue weighted by Crippen LogP contribution is 2.06. The monoisotopic (exact) mass is 231 g/mol. The van der Waals surface area contributed by atoms with Crippen molar-refractivity contribution >= 4 is 11.9 Å². The molecule has 1 aromatic rings. The van der Waals surface area contributed by atoms with Gasteiger partial charge in [-0.15, -0.1) is 0 Å². The van der Waals surface area contributed by atoms with Crippen LogP contribution in [0.1, 0.15) is 18.4 Å². The molecule has 1 aromatic carbocycles. The standard InChI is InChI=1S/C12H13N3O2/c13-9-15(12(14)17)11(16)8-4-7-10-5-2-1-3-6-10/h1-3,5-6H,4,7-8H2,(H2,14,17). The first-order valence-corrected chi connectivity index (χ1v) is 5.21. The molecule has 88 valence electrons. The predicted molar refractivity (Wildman–Crippen MR) is 61.4 cm³/mol. The molecule has 0 aliphatic rings. The molecule has 0 aliphatic carbocycles. The normalized spacial score (nSPS) is 9.35. The molecule has 2 N–H and O–H groups in total. The third kappa shape index (κ3) is 3.95. The zero-order chi connectivity index (χ0) is 12.7. The van der Waals surface area contributed by atoms with Crippen LogP contribution in [0, 0.1) is 11.5 Å². The Morgan fingerprint density at radius 2 is 1.94 bits per heavy atom. The molecule has 17 heavy (non-hydrogen) atoms. The largest absolute Gasteiger partial charge is 0.350 e. The van der Waals surface area contributed by atoms with Crippen LogP contribution in [0.25, 0.3) is 0 Å². The number of amides is 3.